The minimum Gasteiger partial charge on any atom is -0.294 e. The van der Waals surface area contributed by atoms with Gasteiger partial charge in [0.25, 0.3) is 5.56 Å². The van der Waals surface area contributed by atoms with Crippen LogP contribution in [-0.2, 0) is 0 Å². The normalized spacial score (nSPS) is 14.7. The average Bonchev–Trinajstić information content (AvgIpc) is 2.86. The van der Waals surface area contributed by atoms with Crippen LogP contribution in [-0.4, -0.2) is 43.2 Å². The molecule has 4 heterocycles. The maximum Gasteiger partial charge on any atom is 0.278 e. The largest absolute Gasteiger partial charge is 0.294 e. The van der Waals surface area contributed by atoms with Crippen LogP contribution < -0.4 is 11.0 Å². The van der Waals surface area contributed by atoms with E-state index in [1.54, 1.807) is 24.8 Å². The summed E-state index contributed by atoms with van der Waals surface area (Å²) in [4.78, 5) is 28.0. The van der Waals surface area contributed by atoms with E-state index in [0.29, 0.717) is 5.39 Å². The van der Waals surface area contributed by atoms with E-state index in [4.69, 9.17) is 0 Å². The van der Waals surface area contributed by atoms with Crippen LogP contribution in [0, 0.1) is 0 Å². The molecule has 0 radical (unpaired) electrons. The molecule has 0 spiro atoms. The summed E-state index contributed by atoms with van der Waals surface area (Å²) in [6.45, 7) is 8.81. The van der Waals surface area contributed by atoms with Gasteiger partial charge in [-0.1, -0.05) is 18.2 Å². The molecular weight excluding hydrogens is 424 g/mol. The molecule has 0 bridgehead atoms. The van der Waals surface area contributed by atoms with E-state index in [0.717, 1.165) is 41.8 Å². The molecule has 7 nitrogen and oxygen atoms in total. The molecular formula is C27H28N6O. The van der Waals surface area contributed by atoms with Crippen molar-refractivity contribution in [3.8, 4) is 11.3 Å². The van der Waals surface area contributed by atoms with Gasteiger partial charge in [-0.05, 0) is 68.0 Å². The summed E-state index contributed by atoms with van der Waals surface area (Å²) >= 11 is 0. The van der Waals surface area contributed by atoms with E-state index in [9.17, 15) is 4.79 Å². The van der Waals surface area contributed by atoms with Crippen LogP contribution in [0.5, 0.6) is 0 Å². The minimum atomic E-state index is -0.151. The number of benzene rings is 1. The highest BCUT2D eigenvalue weighted by atomic mass is 16.1. The van der Waals surface area contributed by atoms with E-state index in [-0.39, 0.29) is 11.1 Å². The van der Waals surface area contributed by atoms with Crippen molar-refractivity contribution in [3.63, 3.8) is 0 Å². The maximum atomic E-state index is 13.0. The van der Waals surface area contributed by atoms with Crippen LogP contribution in [0.4, 0.5) is 5.69 Å². The average molecular weight is 453 g/mol. The van der Waals surface area contributed by atoms with Gasteiger partial charge in [0.15, 0.2) is 0 Å². The Hall–Kier alpha value is -3.84. The van der Waals surface area contributed by atoms with Gasteiger partial charge >= 0.3 is 0 Å². The van der Waals surface area contributed by atoms with Gasteiger partial charge in [0.05, 0.1) is 16.8 Å². The standard InChI is InChI=1S/C27H28N6O/c1-27(2,3)32-11-8-20(9-12-32)19-4-6-23(7-5-19)31-33-13-10-21-14-25(22-15-28-18-29-16-22)30-17-24(21)26(33)34/h4-8,10,13-18,31H,9,11-12H2,1-3H3. The first-order valence-corrected chi connectivity index (χ1v) is 11.5. The van der Waals surface area contributed by atoms with Crippen molar-refractivity contribution in [2.24, 2.45) is 0 Å². The molecule has 0 amide bonds. The molecule has 1 aromatic carbocycles. The Morgan fingerprint density at radius 1 is 0.971 bits per heavy atom. The molecule has 34 heavy (non-hydrogen) atoms. The second-order valence-corrected chi connectivity index (χ2v) is 9.56. The van der Waals surface area contributed by atoms with Gasteiger partial charge in [0, 0.05) is 49.0 Å². The molecule has 4 aromatic rings. The number of nitrogens with one attached hydrogen (secondary N) is 1. The lowest BCUT2D eigenvalue weighted by molar-refractivity contribution is 0.153. The highest BCUT2D eigenvalue weighted by Gasteiger charge is 2.23. The van der Waals surface area contributed by atoms with Crippen molar-refractivity contribution in [2.45, 2.75) is 32.7 Å². The van der Waals surface area contributed by atoms with E-state index >= 15 is 0 Å². The van der Waals surface area contributed by atoms with Crippen LogP contribution in [0.2, 0.25) is 0 Å². The minimum absolute atomic E-state index is 0.151. The summed E-state index contributed by atoms with van der Waals surface area (Å²) in [6.07, 6.45) is 11.6. The van der Waals surface area contributed by atoms with Crippen LogP contribution in [0.1, 0.15) is 32.8 Å². The third-order valence-corrected chi connectivity index (χ3v) is 6.31. The number of hydrogen-bond acceptors (Lipinski definition) is 6. The highest BCUT2D eigenvalue weighted by molar-refractivity contribution is 5.84. The van der Waals surface area contributed by atoms with Gasteiger partial charge in [0.1, 0.15) is 6.33 Å². The first-order chi connectivity index (χ1) is 16.4. The van der Waals surface area contributed by atoms with Crippen molar-refractivity contribution >= 4 is 22.0 Å². The van der Waals surface area contributed by atoms with Crippen molar-refractivity contribution in [2.75, 3.05) is 18.5 Å². The fraction of sp³-hybridized carbons (Fsp3) is 0.259. The van der Waals surface area contributed by atoms with E-state index in [2.05, 4.69) is 64.3 Å². The second kappa shape index (κ2) is 8.83. The molecule has 1 aliphatic heterocycles. The van der Waals surface area contributed by atoms with Crippen LogP contribution >= 0.6 is 0 Å². The van der Waals surface area contributed by atoms with Gasteiger partial charge < -0.3 is 0 Å². The topological polar surface area (TPSA) is 75.9 Å². The SMILES string of the molecule is CC(C)(C)N1CC=C(c2ccc(Nn3ccc4cc(-c5cncnc5)ncc4c3=O)cc2)CC1. The van der Waals surface area contributed by atoms with Crippen LogP contribution in [0.15, 0.2) is 78.4 Å². The zero-order valence-corrected chi connectivity index (χ0v) is 19.7. The molecule has 7 heteroatoms. The Bertz CT molecular complexity index is 1400. The van der Waals surface area contributed by atoms with Crippen LogP contribution in [0.25, 0.3) is 27.6 Å². The lowest BCUT2D eigenvalue weighted by Crippen LogP contribution is -2.43. The summed E-state index contributed by atoms with van der Waals surface area (Å²) in [5, 5.41) is 1.36. The first-order valence-electron chi connectivity index (χ1n) is 11.5. The summed E-state index contributed by atoms with van der Waals surface area (Å²) in [5.41, 5.74) is 8.23. The number of nitrogens with zero attached hydrogens (tertiary/aromatic N) is 5. The molecule has 5 rings (SSSR count). The monoisotopic (exact) mass is 452 g/mol. The number of rotatable bonds is 4. The van der Waals surface area contributed by atoms with Gasteiger partial charge in [0.2, 0.25) is 0 Å². The lowest BCUT2D eigenvalue weighted by atomic mass is 9.96. The summed E-state index contributed by atoms with van der Waals surface area (Å²) in [6, 6.07) is 12.0. The number of hydrogen-bond donors (Lipinski definition) is 1. The molecule has 0 atom stereocenters. The molecule has 3 aromatic heterocycles. The second-order valence-electron chi connectivity index (χ2n) is 9.56. The third kappa shape index (κ3) is 4.47. The summed E-state index contributed by atoms with van der Waals surface area (Å²) < 4.78 is 1.49. The Morgan fingerprint density at radius 3 is 2.41 bits per heavy atom. The number of fused-ring (bicyclic) bond motifs is 1. The summed E-state index contributed by atoms with van der Waals surface area (Å²) in [5.74, 6) is 0. The first kappa shape index (κ1) is 22.0. The van der Waals surface area contributed by atoms with Gasteiger partial charge in [-0.15, -0.1) is 0 Å². The van der Waals surface area contributed by atoms with Gasteiger partial charge in [-0.3, -0.25) is 20.1 Å². The van der Waals surface area contributed by atoms with Gasteiger partial charge in [-0.2, -0.15) is 0 Å². The Balaban J connectivity index is 1.34. The van der Waals surface area contributed by atoms with E-state index < -0.39 is 0 Å². The fourth-order valence-corrected chi connectivity index (χ4v) is 4.26. The Labute approximate surface area is 198 Å². The lowest BCUT2D eigenvalue weighted by Gasteiger charge is -2.37. The smallest absolute Gasteiger partial charge is 0.278 e. The van der Waals surface area contributed by atoms with E-state index in [1.807, 2.05) is 24.3 Å². The molecule has 0 aliphatic carbocycles. The van der Waals surface area contributed by atoms with Crippen LogP contribution in [0.3, 0.4) is 0 Å². The van der Waals surface area contributed by atoms with Crippen molar-refractivity contribution in [1.29, 1.82) is 0 Å². The van der Waals surface area contributed by atoms with Gasteiger partial charge in [-0.25, -0.2) is 14.6 Å². The number of anilines is 1. The highest BCUT2D eigenvalue weighted by Crippen LogP contribution is 2.27. The molecule has 1 aliphatic rings. The predicted octanol–water partition coefficient (Wildman–Crippen LogP) is 4.62. The zero-order valence-electron chi connectivity index (χ0n) is 19.7. The predicted molar refractivity (Wildman–Crippen MR) is 136 cm³/mol. The maximum absolute atomic E-state index is 13.0. The fourth-order valence-electron chi connectivity index (χ4n) is 4.26. The molecule has 0 saturated heterocycles. The Morgan fingerprint density at radius 2 is 1.74 bits per heavy atom. The molecule has 0 unspecified atom stereocenters. The van der Waals surface area contributed by atoms with Crippen molar-refractivity contribution < 1.29 is 0 Å². The molecule has 0 fully saturated rings. The molecule has 1 N–H and O–H groups in total. The van der Waals surface area contributed by atoms with Crippen molar-refractivity contribution in [1.82, 2.24) is 24.5 Å². The summed E-state index contributed by atoms with van der Waals surface area (Å²) in [7, 11) is 0. The van der Waals surface area contributed by atoms with E-state index in [1.165, 1.54) is 22.1 Å². The Kier molecular flexibility index (Phi) is 5.71. The zero-order chi connectivity index (χ0) is 23.7. The quantitative estimate of drug-likeness (QED) is 0.487. The molecule has 0 saturated carbocycles. The van der Waals surface area contributed by atoms with Crippen molar-refractivity contribution in [3.05, 3.63) is 89.5 Å². The number of pyridine rings is 2. The third-order valence-electron chi connectivity index (χ3n) is 6.31. The molecule has 172 valence electrons. The number of aromatic nitrogens is 4.